The van der Waals surface area contributed by atoms with Gasteiger partial charge in [0.2, 0.25) is 0 Å². The predicted octanol–water partition coefficient (Wildman–Crippen LogP) is 1.58. The van der Waals surface area contributed by atoms with Crippen LogP contribution in [0.2, 0.25) is 0 Å². The van der Waals surface area contributed by atoms with Gasteiger partial charge in [-0.05, 0) is 5.56 Å². The standard InChI is InChI=1S/C9H10NO3/c10-9(11)13-7-12-6-8-4-2-1-3-5-8/h1-5,10H,6-7H2. The fourth-order valence-corrected chi connectivity index (χ4v) is 0.829. The summed E-state index contributed by atoms with van der Waals surface area (Å²) in [6, 6.07) is 9.52. The number of benzene rings is 1. The number of ether oxygens (including phenoxy) is 2. The molecule has 69 valence electrons. The van der Waals surface area contributed by atoms with Crippen molar-refractivity contribution in [2.45, 2.75) is 6.61 Å². The third-order valence-corrected chi connectivity index (χ3v) is 1.38. The molecule has 4 heteroatoms. The second-order valence-corrected chi connectivity index (χ2v) is 2.38. The van der Waals surface area contributed by atoms with Crippen LogP contribution >= 0.6 is 0 Å². The van der Waals surface area contributed by atoms with E-state index in [2.05, 4.69) is 4.74 Å². The topological polar surface area (TPSA) is 59.3 Å². The van der Waals surface area contributed by atoms with E-state index < -0.39 is 6.09 Å². The van der Waals surface area contributed by atoms with Gasteiger partial charge in [0.15, 0.2) is 6.79 Å². The number of carbonyl (C=O) groups is 1. The van der Waals surface area contributed by atoms with Gasteiger partial charge in [0.1, 0.15) is 0 Å². The molecule has 4 nitrogen and oxygen atoms in total. The van der Waals surface area contributed by atoms with E-state index >= 15 is 0 Å². The Kier molecular flexibility index (Phi) is 3.78. The maximum Gasteiger partial charge on any atom is 0.428 e. The number of rotatable bonds is 4. The van der Waals surface area contributed by atoms with Crippen molar-refractivity contribution in [2.75, 3.05) is 6.79 Å². The Labute approximate surface area is 76.3 Å². The largest absolute Gasteiger partial charge is 0.428 e. The van der Waals surface area contributed by atoms with Gasteiger partial charge in [-0.3, -0.25) is 0 Å². The Balaban J connectivity index is 2.17. The minimum atomic E-state index is -1.08. The van der Waals surface area contributed by atoms with Crippen LogP contribution in [0.15, 0.2) is 30.3 Å². The summed E-state index contributed by atoms with van der Waals surface area (Å²) in [6.45, 7) is 0.214. The van der Waals surface area contributed by atoms with E-state index in [4.69, 9.17) is 10.5 Å². The Bertz CT molecular complexity index is 261. The Morgan fingerprint density at radius 3 is 2.62 bits per heavy atom. The molecule has 0 aliphatic carbocycles. The van der Waals surface area contributed by atoms with Crippen molar-refractivity contribution in [1.82, 2.24) is 5.73 Å². The van der Waals surface area contributed by atoms with Crippen LogP contribution in [-0.2, 0) is 16.1 Å². The first-order chi connectivity index (χ1) is 6.29. The molecule has 1 N–H and O–H groups in total. The molecule has 0 aromatic heterocycles. The van der Waals surface area contributed by atoms with Crippen molar-refractivity contribution in [3.63, 3.8) is 0 Å². The highest BCUT2D eigenvalue weighted by Gasteiger charge is 1.94. The van der Waals surface area contributed by atoms with Gasteiger partial charge in [-0.15, -0.1) is 0 Å². The minimum Gasteiger partial charge on any atom is -0.421 e. The fraction of sp³-hybridized carbons (Fsp3) is 0.222. The summed E-state index contributed by atoms with van der Waals surface area (Å²) in [5.41, 5.74) is 7.42. The molecule has 0 spiro atoms. The maximum absolute atomic E-state index is 10.0. The van der Waals surface area contributed by atoms with Gasteiger partial charge in [0.25, 0.3) is 0 Å². The van der Waals surface area contributed by atoms with Gasteiger partial charge in [-0.1, -0.05) is 30.3 Å². The Morgan fingerprint density at radius 1 is 1.31 bits per heavy atom. The zero-order valence-electron chi connectivity index (χ0n) is 7.03. The van der Waals surface area contributed by atoms with Crippen LogP contribution in [0.3, 0.4) is 0 Å². The molecule has 13 heavy (non-hydrogen) atoms. The van der Waals surface area contributed by atoms with Crippen molar-refractivity contribution in [3.8, 4) is 0 Å². The highest BCUT2D eigenvalue weighted by atomic mass is 16.7. The Morgan fingerprint density at radius 2 is 2.00 bits per heavy atom. The van der Waals surface area contributed by atoms with Crippen LogP contribution in [0.4, 0.5) is 4.79 Å². The number of carbonyl (C=O) groups excluding carboxylic acids is 1. The number of nitrogens with one attached hydrogen (secondary N) is 1. The first-order valence-corrected chi connectivity index (χ1v) is 3.79. The number of amides is 1. The summed E-state index contributed by atoms with van der Waals surface area (Å²) in [5, 5.41) is 0. The second kappa shape index (κ2) is 5.16. The molecule has 0 saturated carbocycles. The van der Waals surface area contributed by atoms with Crippen LogP contribution in [-0.4, -0.2) is 12.9 Å². The van der Waals surface area contributed by atoms with E-state index in [1.165, 1.54) is 0 Å². The van der Waals surface area contributed by atoms with Crippen LogP contribution in [0.25, 0.3) is 0 Å². The monoisotopic (exact) mass is 180 g/mol. The third-order valence-electron chi connectivity index (χ3n) is 1.38. The van der Waals surface area contributed by atoms with Crippen molar-refractivity contribution < 1.29 is 14.3 Å². The molecular formula is C9H10NO3. The molecule has 0 bridgehead atoms. The van der Waals surface area contributed by atoms with Crippen molar-refractivity contribution in [1.29, 1.82) is 0 Å². The highest BCUT2D eigenvalue weighted by molar-refractivity contribution is 5.63. The molecule has 0 aliphatic heterocycles. The summed E-state index contributed by atoms with van der Waals surface area (Å²) in [5.74, 6) is 0. The number of hydrogen-bond acceptors (Lipinski definition) is 3. The minimum absolute atomic E-state index is 0.169. The first-order valence-electron chi connectivity index (χ1n) is 3.79. The third kappa shape index (κ3) is 4.12. The molecule has 1 aromatic carbocycles. The first kappa shape index (κ1) is 9.54. The lowest BCUT2D eigenvalue weighted by Crippen LogP contribution is -2.06. The van der Waals surface area contributed by atoms with Gasteiger partial charge in [-0.25, -0.2) is 10.5 Å². The maximum atomic E-state index is 10.0. The molecule has 1 aromatic rings. The average Bonchev–Trinajstić information content (AvgIpc) is 2.14. The van der Waals surface area contributed by atoms with Crippen molar-refractivity contribution in [2.24, 2.45) is 0 Å². The van der Waals surface area contributed by atoms with Crippen LogP contribution in [0.5, 0.6) is 0 Å². The molecule has 1 rings (SSSR count). The van der Waals surface area contributed by atoms with E-state index in [1.54, 1.807) is 0 Å². The molecule has 0 atom stereocenters. The quantitative estimate of drug-likeness (QED) is 0.522. The summed E-state index contributed by atoms with van der Waals surface area (Å²) in [7, 11) is 0. The lowest BCUT2D eigenvalue weighted by atomic mass is 10.2. The molecule has 0 saturated heterocycles. The summed E-state index contributed by atoms with van der Waals surface area (Å²) < 4.78 is 9.24. The summed E-state index contributed by atoms with van der Waals surface area (Å²) >= 11 is 0. The molecule has 1 radical (unpaired) electrons. The highest BCUT2D eigenvalue weighted by Crippen LogP contribution is 1.99. The zero-order chi connectivity index (χ0) is 9.52. The average molecular weight is 180 g/mol. The lowest BCUT2D eigenvalue weighted by Gasteiger charge is -2.02. The number of hydrogen-bond donors (Lipinski definition) is 0. The van der Waals surface area contributed by atoms with Crippen LogP contribution in [0.1, 0.15) is 5.56 Å². The van der Waals surface area contributed by atoms with E-state index in [-0.39, 0.29) is 6.79 Å². The summed E-state index contributed by atoms with van der Waals surface area (Å²) in [6.07, 6.45) is -1.08. The predicted molar refractivity (Wildman–Crippen MR) is 45.7 cm³/mol. The van der Waals surface area contributed by atoms with Gasteiger partial charge < -0.3 is 9.47 Å². The molecule has 0 fully saturated rings. The smallest absolute Gasteiger partial charge is 0.421 e. The second-order valence-electron chi connectivity index (χ2n) is 2.38. The molecule has 0 unspecified atom stereocenters. The van der Waals surface area contributed by atoms with Crippen molar-refractivity contribution >= 4 is 6.09 Å². The van der Waals surface area contributed by atoms with Gasteiger partial charge in [0.05, 0.1) is 6.61 Å². The molecule has 1 amide bonds. The van der Waals surface area contributed by atoms with Crippen molar-refractivity contribution in [3.05, 3.63) is 35.9 Å². The molecule has 0 heterocycles. The van der Waals surface area contributed by atoms with E-state index in [0.717, 1.165) is 5.56 Å². The van der Waals surface area contributed by atoms with Gasteiger partial charge in [-0.2, -0.15) is 0 Å². The van der Waals surface area contributed by atoms with Crippen LogP contribution in [0, 0.1) is 0 Å². The lowest BCUT2D eigenvalue weighted by molar-refractivity contribution is -0.0210. The van der Waals surface area contributed by atoms with Gasteiger partial charge >= 0.3 is 6.09 Å². The molecular weight excluding hydrogens is 170 g/mol. The Hall–Kier alpha value is -1.55. The zero-order valence-corrected chi connectivity index (χ0v) is 7.03. The van der Waals surface area contributed by atoms with E-state index in [9.17, 15) is 4.79 Å². The molecule has 0 aliphatic rings. The SMILES string of the molecule is [NH]C(=O)OCOCc1ccccc1. The fourth-order valence-electron chi connectivity index (χ4n) is 0.829. The van der Waals surface area contributed by atoms with Crippen LogP contribution < -0.4 is 5.73 Å². The normalized spacial score (nSPS) is 9.54. The summed E-state index contributed by atoms with van der Waals surface area (Å²) in [4.78, 5) is 10.0. The van der Waals surface area contributed by atoms with Gasteiger partial charge in [0, 0.05) is 0 Å². The van der Waals surface area contributed by atoms with E-state index in [1.807, 2.05) is 30.3 Å². The van der Waals surface area contributed by atoms with E-state index in [0.29, 0.717) is 6.61 Å².